The highest BCUT2D eigenvalue weighted by molar-refractivity contribution is 7.71. The van der Waals surface area contributed by atoms with E-state index in [0.717, 1.165) is 12.3 Å². The molecule has 3 unspecified atom stereocenters. The summed E-state index contributed by atoms with van der Waals surface area (Å²) in [4.78, 5) is 49.5. The molecular formula is C11H16F3N2O13P3S. The number of phosphoric ester groups is 1. The Labute approximate surface area is 185 Å². The lowest BCUT2D eigenvalue weighted by atomic mass is 9.93. The zero-order valence-corrected chi connectivity index (χ0v) is 19.2. The molecule has 2 rings (SSSR count). The molecule has 6 atom stereocenters. The summed E-state index contributed by atoms with van der Waals surface area (Å²) < 4.78 is 86.2. The van der Waals surface area contributed by atoms with Gasteiger partial charge in [0.15, 0.2) is 0 Å². The quantitative estimate of drug-likeness (QED) is 0.167. The number of nitrogens with zero attached hydrogens (tertiary/aromatic N) is 1. The van der Waals surface area contributed by atoms with E-state index in [-0.39, 0.29) is 4.64 Å². The number of aliphatic hydroxyl groups is 2. The Morgan fingerprint density at radius 1 is 1.18 bits per heavy atom. The van der Waals surface area contributed by atoms with Crippen LogP contribution in [-0.4, -0.2) is 63.8 Å². The molecule has 7 N–H and O–H groups in total. The average molecular weight is 566 g/mol. The Morgan fingerprint density at radius 2 is 1.76 bits per heavy atom. The van der Waals surface area contributed by atoms with Crippen molar-refractivity contribution in [1.82, 2.24) is 9.55 Å². The number of alkyl halides is 3. The Morgan fingerprint density at radius 3 is 2.24 bits per heavy atom. The molecule has 0 saturated heterocycles. The second-order valence-electron chi connectivity index (χ2n) is 6.68. The van der Waals surface area contributed by atoms with Gasteiger partial charge in [0.2, 0.25) is 5.60 Å². The van der Waals surface area contributed by atoms with Gasteiger partial charge in [-0.2, -0.15) is 21.8 Å². The molecule has 1 fully saturated rings. The highest BCUT2D eigenvalue weighted by atomic mass is 32.1. The Hall–Kier alpha value is -0.780. The largest absolute Gasteiger partial charge is 0.490 e. The van der Waals surface area contributed by atoms with Gasteiger partial charge in [-0.05, 0) is 12.5 Å². The first kappa shape index (κ1) is 28.5. The average Bonchev–Trinajstić information content (AvgIpc) is 2.82. The minimum atomic E-state index is -5.89. The van der Waals surface area contributed by atoms with Crippen LogP contribution in [0.25, 0.3) is 0 Å². The Balaban J connectivity index is 2.29. The molecule has 1 aliphatic rings. The lowest BCUT2D eigenvalue weighted by molar-refractivity contribution is -0.296. The number of aliphatic hydroxyl groups excluding tert-OH is 1. The van der Waals surface area contributed by atoms with Gasteiger partial charge in [0.1, 0.15) is 4.64 Å². The number of rotatable bonds is 8. The van der Waals surface area contributed by atoms with Gasteiger partial charge in [-0.15, -0.1) is 0 Å². The maximum absolute atomic E-state index is 13.7. The standard InChI is InChI=1S/C11H16F3N2O13P3S/c12-11(13,14)10(19)6(16-2-1-7(33)15-9(16)18)3-5(8(10)17)4-27-31(23,24)29-32(25,26)28-30(20,21)22/h1-2,5-6,8,17,19H,3-4H2,(H,23,24)(H,25,26)(H,15,18,33)(H2,20,21,22)/t5-,6-,8+,10?/m1/s1. The van der Waals surface area contributed by atoms with Crippen molar-refractivity contribution in [1.29, 1.82) is 0 Å². The molecular weight excluding hydrogens is 550 g/mol. The normalized spacial score (nSPS) is 30.0. The molecule has 1 aromatic heterocycles. The van der Waals surface area contributed by atoms with E-state index in [1.165, 1.54) is 0 Å². The van der Waals surface area contributed by atoms with Crippen LogP contribution in [0.3, 0.4) is 0 Å². The second kappa shape index (κ2) is 9.35. The molecule has 0 bridgehead atoms. The fraction of sp³-hybridized carbons (Fsp3) is 0.636. The van der Waals surface area contributed by atoms with Gasteiger partial charge in [-0.25, -0.2) is 18.5 Å². The summed E-state index contributed by atoms with van der Waals surface area (Å²) in [5, 5.41) is 20.5. The lowest BCUT2D eigenvalue weighted by Crippen LogP contribution is -2.58. The molecule has 0 radical (unpaired) electrons. The lowest BCUT2D eigenvalue weighted by Gasteiger charge is -2.35. The highest BCUT2D eigenvalue weighted by Gasteiger charge is 2.69. The zero-order valence-electron chi connectivity index (χ0n) is 15.7. The number of H-pyrrole nitrogens is 1. The van der Waals surface area contributed by atoms with Gasteiger partial charge in [0.05, 0.1) is 18.8 Å². The number of hydrogen-bond acceptors (Lipinski definition) is 10. The van der Waals surface area contributed by atoms with Gasteiger partial charge in [0.25, 0.3) is 0 Å². The second-order valence-corrected chi connectivity index (χ2v) is 11.5. The van der Waals surface area contributed by atoms with E-state index < -0.39 is 72.0 Å². The van der Waals surface area contributed by atoms with Gasteiger partial charge in [0, 0.05) is 12.1 Å². The third kappa shape index (κ3) is 6.67. The number of aromatic amines is 1. The van der Waals surface area contributed by atoms with Crippen LogP contribution >= 0.6 is 35.7 Å². The van der Waals surface area contributed by atoms with E-state index >= 15 is 0 Å². The molecule has 190 valence electrons. The van der Waals surface area contributed by atoms with E-state index in [1.807, 2.05) is 4.98 Å². The summed E-state index contributed by atoms with van der Waals surface area (Å²) in [6.45, 7) is -1.31. The number of phosphoric acid groups is 3. The number of hydrogen-bond donors (Lipinski definition) is 7. The van der Waals surface area contributed by atoms with Crippen molar-refractivity contribution >= 4 is 35.7 Å². The van der Waals surface area contributed by atoms with Gasteiger partial charge < -0.3 is 29.8 Å². The first-order chi connectivity index (χ1) is 14.7. The summed E-state index contributed by atoms with van der Waals surface area (Å²) in [6.07, 6.45) is -8.29. The summed E-state index contributed by atoms with van der Waals surface area (Å²) in [7, 11) is -17.3. The van der Waals surface area contributed by atoms with Crippen molar-refractivity contribution in [3.05, 3.63) is 27.4 Å². The van der Waals surface area contributed by atoms with Crippen molar-refractivity contribution in [3.63, 3.8) is 0 Å². The predicted octanol–water partition coefficient (Wildman–Crippen LogP) is 0.464. The van der Waals surface area contributed by atoms with Crippen LogP contribution in [0.15, 0.2) is 17.1 Å². The molecule has 0 aromatic carbocycles. The summed E-state index contributed by atoms with van der Waals surface area (Å²) in [5.41, 5.74) is -5.12. The minimum absolute atomic E-state index is 0.144. The van der Waals surface area contributed by atoms with Gasteiger partial charge in [-0.3, -0.25) is 14.1 Å². The Bertz CT molecular complexity index is 1150. The molecule has 0 spiro atoms. The molecule has 33 heavy (non-hydrogen) atoms. The van der Waals surface area contributed by atoms with E-state index in [1.54, 1.807) is 0 Å². The Kier molecular flexibility index (Phi) is 8.06. The van der Waals surface area contributed by atoms with Crippen molar-refractivity contribution in [2.75, 3.05) is 6.61 Å². The summed E-state index contributed by atoms with van der Waals surface area (Å²) >= 11 is 4.67. The van der Waals surface area contributed by atoms with E-state index in [0.29, 0.717) is 4.57 Å². The topological polar surface area (TPSA) is 238 Å². The van der Waals surface area contributed by atoms with Crippen molar-refractivity contribution < 1.29 is 69.8 Å². The zero-order chi connectivity index (χ0) is 25.6. The molecule has 1 heterocycles. The molecule has 1 saturated carbocycles. The van der Waals surface area contributed by atoms with E-state index in [9.17, 15) is 46.8 Å². The smallest absolute Gasteiger partial charge is 0.389 e. The first-order valence-electron chi connectivity index (χ1n) is 8.25. The molecule has 1 aliphatic carbocycles. The summed E-state index contributed by atoms with van der Waals surface area (Å²) in [5.74, 6) is -1.80. The van der Waals surface area contributed by atoms with Crippen LogP contribution < -0.4 is 5.69 Å². The van der Waals surface area contributed by atoms with Crippen LogP contribution in [0.5, 0.6) is 0 Å². The highest BCUT2D eigenvalue weighted by Crippen LogP contribution is 2.66. The van der Waals surface area contributed by atoms with Gasteiger partial charge >= 0.3 is 35.3 Å². The number of halogens is 3. The molecule has 0 aliphatic heterocycles. The SMILES string of the molecule is O=c1[nH]c(=S)ccn1[C@@H]1C[C@H](COP(=O)(O)OP(=O)(O)OP(=O)(O)O)[C@H](O)C1(O)C(F)(F)F. The monoisotopic (exact) mass is 566 g/mol. The fourth-order valence-corrected chi connectivity index (χ4v) is 6.38. The van der Waals surface area contributed by atoms with Gasteiger partial charge in [-0.1, -0.05) is 12.2 Å². The predicted molar refractivity (Wildman–Crippen MR) is 99.9 cm³/mol. The van der Waals surface area contributed by atoms with Crippen LogP contribution in [0, 0.1) is 10.6 Å². The van der Waals surface area contributed by atoms with Crippen molar-refractivity contribution in [2.24, 2.45) is 5.92 Å². The van der Waals surface area contributed by atoms with E-state index in [4.69, 9.17) is 14.7 Å². The van der Waals surface area contributed by atoms with E-state index in [2.05, 4.69) is 25.4 Å². The maximum atomic E-state index is 13.7. The maximum Gasteiger partial charge on any atom is 0.490 e. The minimum Gasteiger partial charge on any atom is -0.389 e. The van der Waals surface area contributed by atoms with Crippen LogP contribution in [-0.2, 0) is 26.8 Å². The number of nitrogens with one attached hydrogen (secondary N) is 1. The third-order valence-corrected chi connectivity index (χ3v) is 8.48. The molecule has 1 aromatic rings. The first-order valence-corrected chi connectivity index (χ1v) is 13.2. The molecule has 22 heteroatoms. The summed E-state index contributed by atoms with van der Waals surface area (Å²) in [6, 6.07) is -1.14. The number of aromatic nitrogens is 2. The van der Waals surface area contributed by atoms with Crippen molar-refractivity contribution in [2.45, 2.75) is 30.3 Å². The van der Waals surface area contributed by atoms with Crippen LogP contribution in [0.1, 0.15) is 12.5 Å². The van der Waals surface area contributed by atoms with Crippen LogP contribution in [0.2, 0.25) is 0 Å². The third-order valence-electron chi connectivity index (χ3n) is 4.44. The fourth-order valence-electron chi connectivity index (χ4n) is 3.16. The molecule has 0 amide bonds. The van der Waals surface area contributed by atoms with Crippen molar-refractivity contribution in [3.8, 4) is 0 Å². The molecule has 15 nitrogen and oxygen atoms in total. The van der Waals surface area contributed by atoms with Crippen LogP contribution in [0.4, 0.5) is 13.2 Å².